The Hall–Kier alpha value is -3.81. The van der Waals surface area contributed by atoms with Crippen LogP contribution in [0.4, 0.5) is 0 Å². The van der Waals surface area contributed by atoms with Gasteiger partial charge in [0.05, 0.1) is 25.5 Å². The van der Waals surface area contributed by atoms with E-state index in [0.717, 1.165) is 11.3 Å². The molecule has 3 aromatic rings. The van der Waals surface area contributed by atoms with Crippen molar-refractivity contribution in [2.45, 2.75) is 6.92 Å². The number of rotatable bonds is 5. The van der Waals surface area contributed by atoms with E-state index in [-0.39, 0.29) is 11.8 Å². The highest BCUT2D eigenvalue weighted by molar-refractivity contribution is 6.00. The van der Waals surface area contributed by atoms with E-state index in [1.54, 1.807) is 47.9 Å². The number of aromatic nitrogens is 2. The van der Waals surface area contributed by atoms with E-state index in [1.807, 2.05) is 42.5 Å². The third kappa shape index (κ3) is 4.16. The van der Waals surface area contributed by atoms with Gasteiger partial charge in [0.2, 0.25) is 5.91 Å². The second kappa shape index (κ2) is 9.13. The fourth-order valence-electron chi connectivity index (χ4n) is 3.83. The van der Waals surface area contributed by atoms with E-state index in [2.05, 4.69) is 0 Å². The van der Waals surface area contributed by atoms with Crippen LogP contribution in [-0.2, 0) is 4.79 Å². The Morgan fingerprint density at radius 1 is 0.875 bits per heavy atom. The summed E-state index contributed by atoms with van der Waals surface area (Å²) in [7, 11) is 3.15. The van der Waals surface area contributed by atoms with Gasteiger partial charge in [0.15, 0.2) is 11.5 Å². The van der Waals surface area contributed by atoms with E-state index in [9.17, 15) is 9.59 Å². The smallest absolute Gasteiger partial charge is 0.257 e. The molecule has 1 aliphatic heterocycles. The van der Waals surface area contributed by atoms with Gasteiger partial charge in [-0.25, -0.2) is 4.68 Å². The maximum absolute atomic E-state index is 13.5. The number of benzene rings is 2. The van der Waals surface area contributed by atoms with E-state index in [4.69, 9.17) is 14.6 Å². The molecule has 0 unspecified atom stereocenters. The first kappa shape index (κ1) is 21.4. The average molecular weight is 434 g/mol. The van der Waals surface area contributed by atoms with Crippen LogP contribution >= 0.6 is 0 Å². The van der Waals surface area contributed by atoms with Crippen LogP contribution in [-0.4, -0.2) is 71.8 Å². The maximum atomic E-state index is 13.5. The van der Waals surface area contributed by atoms with Crippen molar-refractivity contribution in [1.29, 1.82) is 0 Å². The summed E-state index contributed by atoms with van der Waals surface area (Å²) in [6.45, 7) is 3.58. The van der Waals surface area contributed by atoms with Crippen LogP contribution in [0.5, 0.6) is 11.5 Å². The number of methoxy groups -OCH3 is 2. The number of hydrogen-bond donors (Lipinski definition) is 0. The summed E-state index contributed by atoms with van der Waals surface area (Å²) in [5.41, 5.74) is 2.67. The molecule has 1 aromatic heterocycles. The summed E-state index contributed by atoms with van der Waals surface area (Å²) in [5.74, 6) is 1.08. The van der Waals surface area contributed by atoms with Gasteiger partial charge in [0.25, 0.3) is 5.91 Å². The second-order valence-electron chi connectivity index (χ2n) is 7.54. The van der Waals surface area contributed by atoms with Gasteiger partial charge in [-0.2, -0.15) is 5.10 Å². The molecule has 2 heterocycles. The third-order valence-electron chi connectivity index (χ3n) is 5.63. The molecule has 8 nitrogen and oxygen atoms in total. The first-order valence-electron chi connectivity index (χ1n) is 10.4. The third-order valence-corrected chi connectivity index (χ3v) is 5.63. The highest BCUT2D eigenvalue weighted by atomic mass is 16.5. The van der Waals surface area contributed by atoms with E-state index >= 15 is 0 Å². The van der Waals surface area contributed by atoms with Crippen LogP contribution in [0.2, 0.25) is 0 Å². The molecule has 0 N–H and O–H groups in total. The number of piperazine rings is 1. The van der Waals surface area contributed by atoms with Gasteiger partial charge in [-0.1, -0.05) is 18.2 Å². The molecule has 0 atom stereocenters. The predicted octanol–water partition coefficient (Wildman–Crippen LogP) is 2.86. The van der Waals surface area contributed by atoms with Crippen LogP contribution in [0, 0.1) is 0 Å². The molecule has 0 bridgehead atoms. The first-order valence-corrected chi connectivity index (χ1v) is 10.4. The Morgan fingerprint density at radius 2 is 1.53 bits per heavy atom. The zero-order valence-corrected chi connectivity index (χ0v) is 18.4. The number of amides is 2. The summed E-state index contributed by atoms with van der Waals surface area (Å²) in [5, 5.41) is 4.75. The molecule has 2 amide bonds. The zero-order valence-electron chi connectivity index (χ0n) is 18.4. The van der Waals surface area contributed by atoms with Crippen LogP contribution in [0.1, 0.15) is 17.3 Å². The second-order valence-corrected chi connectivity index (χ2v) is 7.54. The van der Waals surface area contributed by atoms with E-state index in [1.165, 1.54) is 0 Å². The van der Waals surface area contributed by atoms with E-state index in [0.29, 0.717) is 48.9 Å². The Kier molecular flexibility index (Phi) is 6.11. The quantitative estimate of drug-likeness (QED) is 0.617. The molecule has 0 saturated carbocycles. The lowest BCUT2D eigenvalue weighted by Crippen LogP contribution is -2.50. The van der Waals surface area contributed by atoms with Crippen molar-refractivity contribution in [2.24, 2.45) is 0 Å². The monoisotopic (exact) mass is 434 g/mol. The molecule has 0 radical (unpaired) electrons. The number of ether oxygens (including phenoxy) is 2. The predicted molar refractivity (Wildman–Crippen MR) is 120 cm³/mol. The van der Waals surface area contributed by atoms with Crippen molar-refractivity contribution in [3.8, 4) is 28.4 Å². The summed E-state index contributed by atoms with van der Waals surface area (Å²) in [6.07, 6.45) is 1.76. The molecule has 1 saturated heterocycles. The van der Waals surface area contributed by atoms with Gasteiger partial charge in [-0.3, -0.25) is 9.59 Å². The Morgan fingerprint density at radius 3 is 2.16 bits per heavy atom. The summed E-state index contributed by atoms with van der Waals surface area (Å²) < 4.78 is 12.5. The Balaban J connectivity index is 1.73. The SMILES string of the molecule is COc1ccc(-c2nn(-c3ccccc3)cc2C(=O)N2CCN(C(C)=O)CC2)cc1OC. The molecule has 4 rings (SSSR count). The number of carbonyl (C=O) groups excluding carboxylic acids is 2. The van der Waals surface area contributed by atoms with E-state index < -0.39 is 0 Å². The van der Waals surface area contributed by atoms with Crippen molar-refractivity contribution >= 4 is 11.8 Å². The van der Waals surface area contributed by atoms with Crippen LogP contribution < -0.4 is 9.47 Å². The maximum Gasteiger partial charge on any atom is 0.257 e. The standard InChI is InChI=1S/C24H26N4O4/c1-17(29)26-11-13-27(14-12-26)24(30)20-16-28(19-7-5-4-6-8-19)25-23(20)18-9-10-21(31-2)22(15-18)32-3/h4-10,15-16H,11-14H2,1-3H3. The molecule has 0 aliphatic carbocycles. The summed E-state index contributed by atoms with van der Waals surface area (Å²) in [4.78, 5) is 28.7. The van der Waals surface area contributed by atoms with Gasteiger partial charge < -0.3 is 19.3 Å². The molecule has 166 valence electrons. The molecule has 8 heteroatoms. The molecule has 1 fully saturated rings. The topological polar surface area (TPSA) is 76.9 Å². The van der Waals surface area contributed by atoms with Crippen LogP contribution in [0.3, 0.4) is 0 Å². The fraction of sp³-hybridized carbons (Fsp3) is 0.292. The van der Waals surface area contributed by atoms with Crippen molar-refractivity contribution in [3.05, 3.63) is 60.3 Å². The van der Waals surface area contributed by atoms with Crippen molar-refractivity contribution in [1.82, 2.24) is 19.6 Å². The lowest BCUT2D eigenvalue weighted by atomic mass is 10.1. The van der Waals surface area contributed by atoms with Crippen molar-refractivity contribution in [2.75, 3.05) is 40.4 Å². The minimum atomic E-state index is -0.111. The number of carbonyl (C=O) groups is 2. The Bertz CT molecular complexity index is 1120. The normalized spacial score (nSPS) is 13.7. The molecule has 0 spiro atoms. The van der Waals surface area contributed by atoms with Gasteiger partial charge in [0, 0.05) is 44.9 Å². The van der Waals surface area contributed by atoms with Gasteiger partial charge in [-0.15, -0.1) is 0 Å². The first-order chi connectivity index (χ1) is 15.5. The largest absolute Gasteiger partial charge is 0.493 e. The number of para-hydroxylation sites is 1. The molecular formula is C24H26N4O4. The Labute approximate surface area is 187 Å². The van der Waals surface area contributed by atoms with Crippen LogP contribution in [0.25, 0.3) is 16.9 Å². The highest BCUT2D eigenvalue weighted by Gasteiger charge is 2.27. The number of nitrogens with zero attached hydrogens (tertiary/aromatic N) is 4. The van der Waals surface area contributed by atoms with Crippen molar-refractivity contribution < 1.29 is 19.1 Å². The van der Waals surface area contributed by atoms with Gasteiger partial charge in [0.1, 0.15) is 5.69 Å². The lowest BCUT2D eigenvalue weighted by molar-refractivity contribution is -0.130. The van der Waals surface area contributed by atoms with Gasteiger partial charge in [-0.05, 0) is 30.3 Å². The average Bonchev–Trinajstić information content (AvgIpc) is 3.29. The summed E-state index contributed by atoms with van der Waals surface area (Å²) in [6, 6.07) is 15.1. The molecular weight excluding hydrogens is 408 g/mol. The zero-order chi connectivity index (χ0) is 22.7. The molecule has 2 aromatic carbocycles. The minimum absolute atomic E-state index is 0.0278. The fourth-order valence-corrected chi connectivity index (χ4v) is 3.83. The highest BCUT2D eigenvalue weighted by Crippen LogP contribution is 2.34. The van der Waals surface area contributed by atoms with Crippen molar-refractivity contribution in [3.63, 3.8) is 0 Å². The number of hydrogen-bond acceptors (Lipinski definition) is 5. The lowest BCUT2D eigenvalue weighted by Gasteiger charge is -2.34. The van der Waals surface area contributed by atoms with Crippen LogP contribution in [0.15, 0.2) is 54.7 Å². The summed E-state index contributed by atoms with van der Waals surface area (Å²) >= 11 is 0. The molecule has 32 heavy (non-hydrogen) atoms. The minimum Gasteiger partial charge on any atom is -0.493 e. The molecule has 1 aliphatic rings. The van der Waals surface area contributed by atoms with Gasteiger partial charge >= 0.3 is 0 Å².